The summed E-state index contributed by atoms with van der Waals surface area (Å²) in [7, 11) is 2.96. The molecule has 0 radical (unpaired) electrons. The van der Waals surface area contributed by atoms with Crippen LogP contribution in [0.1, 0.15) is 15.9 Å². The summed E-state index contributed by atoms with van der Waals surface area (Å²) in [5.74, 6) is -0.657. The maximum absolute atomic E-state index is 12.2. The number of aliphatic carboxylic acids is 1. The molecule has 0 saturated heterocycles. The van der Waals surface area contributed by atoms with E-state index in [4.69, 9.17) is 42.5 Å². The minimum atomic E-state index is -1.16. The van der Waals surface area contributed by atoms with Gasteiger partial charge in [0.05, 0.1) is 30.5 Å². The van der Waals surface area contributed by atoms with Crippen molar-refractivity contribution in [1.29, 1.82) is 0 Å². The highest BCUT2D eigenvalue weighted by Crippen LogP contribution is 2.33. The molecule has 8 nitrogen and oxygen atoms in total. The topological polar surface area (TPSA) is 106 Å². The Kier molecular flexibility index (Phi) is 7.48. The number of amides is 1. The molecule has 28 heavy (non-hydrogen) atoms. The number of carboxylic acids is 1. The Bertz CT molecular complexity index is 894. The molecule has 0 bridgehead atoms. The van der Waals surface area contributed by atoms with Crippen LogP contribution in [0.15, 0.2) is 35.4 Å². The zero-order valence-corrected chi connectivity index (χ0v) is 16.4. The number of carbonyl (C=O) groups is 2. The van der Waals surface area contributed by atoms with E-state index in [0.29, 0.717) is 22.6 Å². The van der Waals surface area contributed by atoms with Gasteiger partial charge in [-0.3, -0.25) is 4.79 Å². The molecule has 0 atom stereocenters. The molecule has 2 N–H and O–H groups in total. The third-order valence-electron chi connectivity index (χ3n) is 3.39. The summed E-state index contributed by atoms with van der Waals surface area (Å²) in [6, 6.07) is 7.63. The quantitative estimate of drug-likeness (QED) is 0.495. The van der Waals surface area contributed by atoms with Crippen molar-refractivity contribution in [1.82, 2.24) is 5.43 Å². The van der Waals surface area contributed by atoms with E-state index >= 15 is 0 Å². The summed E-state index contributed by atoms with van der Waals surface area (Å²) in [6.07, 6.45) is 1.33. The lowest BCUT2D eigenvalue weighted by atomic mass is 10.2. The summed E-state index contributed by atoms with van der Waals surface area (Å²) in [5, 5.41) is 12.7. The Hall–Kier alpha value is -2.97. The number of halogens is 2. The van der Waals surface area contributed by atoms with E-state index in [1.165, 1.54) is 38.6 Å². The fraction of sp³-hybridized carbons (Fsp3) is 0.167. The number of hydrogen-bond donors (Lipinski definition) is 2. The van der Waals surface area contributed by atoms with Crippen LogP contribution in [-0.4, -0.2) is 44.0 Å². The normalized spacial score (nSPS) is 10.6. The molecule has 0 fully saturated rings. The molecule has 0 heterocycles. The van der Waals surface area contributed by atoms with Crippen LogP contribution in [0.5, 0.6) is 17.2 Å². The number of carboxylic acid groups (broad SMARTS) is 1. The standard InChI is InChI=1S/C18H16Cl2N2O6/c1-26-14-4-3-11(7-15(14)27-2)18(25)22-21-8-10-5-12(19)17(13(20)6-10)28-9-16(23)24/h3-8H,9H2,1-2H3,(H,22,25)(H,23,24)/b21-8+. The van der Waals surface area contributed by atoms with Crippen LogP contribution in [-0.2, 0) is 4.79 Å². The molecule has 2 rings (SSSR count). The predicted molar refractivity (Wildman–Crippen MR) is 104 cm³/mol. The van der Waals surface area contributed by atoms with Gasteiger partial charge in [-0.05, 0) is 35.9 Å². The second-order valence-corrected chi connectivity index (χ2v) is 6.08. The molecule has 0 aliphatic rings. The first-order chi connectivity index (χ1) is 13.3. The van der Waals surface area contributed by atoms with Gasteiger partial charge in [-0.25, -0.2) is 10.2 Å². The molecule has 0 aliphatic heterocycles. The molecule has 2 aromatic rings. The highest BCUT2D eigenvalue weighted by molar-refractivity contribution is 6.37. The lowest BCUT2D eigenvalue weighted by Crippen LogP contribution is -2.17. The SMILES string of the molecule is COc1ccc(C(=O)N/N=C/c2cc(Cl)c(OCC(=O)O)c(Cl)c2)cc1OC. The predicted octanol–water partition coefficient (Wildman–Crippen LogP) is 3.24. The Morgan fingerprint density at radius 1 is 1.11 bits per heavy atom. The average molecular weight is 427 g/mol. The summed E-state index contributed by atoms with van der Waals surface area (Å²) >= 11 is 12.1. The van der Waals surface area contributed by atoms with Gasteiger partial charge in [0.2, 0.25) is 0 Å². The molecule has 0 aromatic heterocycles. The van der Waals surface area contributed by atoms with Crippen LogP contribution in [0.2, 0.25) is 10.0 Å². The van der Waals surface area contributed by atoms with E-state index in [1.54, 1.807) is 12.1 Å². The van der Waals surface area contributed by atoms with E-state index in [9.17, 15) is 9.59 Å². The van der Waals surface area contributed by atoms with Crippen LogP contribution in [0, 0.1) is 0 Å². The van der Waals surface area contributed by atoms with Crippen molar-refractivity contribution in [2.75, 3.05) is 20.8 Å². The third-order valence-corrected chi connectivity index (χ3v) is 3.95. The second-order valence-electron chi connectivity index (χ2n) is 5.26. The van der Waals surface area contributed by atoms with Crippen molar-refractivity contribution in [3.05, 3.63) is 51.5 Å². The minimum Gasteiger partial charge on any atom is -0.493 e. The van der Waals surface area contributed by atoms with Crippen LogP contribution in [0.25, 0.3) is 0 Å². The third kappa shape index (κ3) is 5.51. The summed E-state index contributed by atoms with van der Waals surface area (Å²) in [5.41, 5.74) is 3.17. The van der Waals surface area contributed by atoms with E-state index in [2.05, 4.69) is 10.5 Å². The van der Waals surface area contributed by atoms with Crippen LogP contribution in [0.4, 0.5) is 0 Å². The Balaban J connectivity index is 2.08. The number of hydrogen-bond acceptors (Lipinski definition) is 6. The fourth-order valence-corrected chi connectivity index (χ4v) is 2.75. The smallest absolute Gasteiger partial charge is 0.341 e. The number of hydrazone groups is 1. The van der Waals surface area contributed by atoms with Crippen LogP contribution in [0.3, 0.4) is 0 Å². The van der Waals surface area contributed by atoms with E-state index < -0.39 is 18.5 Å². The number of rotatable bonds is 8. The number of methoxy groups -OCH3 is 2. The maximum atomic E-state index is 12.2. The van der Waals surface area contributed by atoms with E-state index in [1.807, 2.05) is 0 Å². The second kappa shape index (κ2) is 9.82. The largest absolute Gasteiger partial charge is 0.493 e. The first-order valence-corrected chi connectivity index (χ1v) is 8.50. The Morgan fingerprint density at radius 2 is 1.75 bits per heavy atom. The van der Waals surface area contributed by atoms with Gasteiger partial charge in [0.25, 0.3) is 5.91 Å². The molecule has 10 heteroatoms. The molecule has 1 amide bonds. The summed E-state index contributed by atoms with van der Waals surface area (Å²) in [6.45, 7) is -0.575. The van der Waals surface area contributed by atoms with Gasteiger partial charge in [0.15, 0.2) is 23.9 Å². The Morgan fingerprint density at radius 3 is 2.32 bits per heavy atom. The van der Waals surface area contributed by atoms with Crippen LogP contribution < -0.4 is 19.6 Å². The van der Waals surface area contributed by atoms with Gasteiger partial charge in [-0.2, -0.15) is 5.10 Å². The highest BCUT2D eigenvalue weighted by Gasteiger charge is 2.12. The van der Waals surface area contributed by atoms with Gasteiger partial charge in [0, 0.05) is 5.56 Å². The highest BCUT2D eigenvalue weighted by atomic mass is 35.5. The molecule has 0 saturated carbocycles. The molecule has 0 aliphatic carbocycles. The number of carbonyl (C=O) groups excluding carboxylic acids is 1. The van der Waals surface area contributed by atoms with Crippen molar-refractivity contribution in [2.45, 2.75) is 0 Å². The number of ether oxygens (including phenoxy) is 3. The zero-order valence-electron chi connectivity index (χ0n) is 14.9. The van der Waals surface area contributed by atoms with Gasteiger partial charge in [-0.1, -0.05) is 23.2 Å². The first-order valence-electron chi connectivity index (χ1n) is 7.74. The van der Waals surface area contributed by atoms with Gasteiger partial charge in [0.1, 0.15) is 0 Å². The molecule has 2 aromatic carbocycles. The average Bonchev–Trinajstić information content (AvgIpc) is 2.66. The van der Waals surface area contributed by atoms with Crippen molar-refractivity contribution >= 4 is 41.3 Å². The van der Waals surface area contributed by atoms with Crippen molar-refractivity contribution < 1.29 is 28.9 Å². The zero-order chi connectivity index (χ0) is 20.7. The number of nitrogens with zero attached hydrogens (tertiary/aromatic N) is 1. The lowest BCUT2D eigenvalue weighted by molar-refractivity contribution is -0.139. The monoisotopic (exact) mass is 426 g/mol. The minimum absolute atomic E-state index is 0.0530. The molecular formula is C18H16Cl2N2O6. The number of benzene rings is 2. The molecule has 0 spiro atoms. The molecular weight excluding hydrogens is 411 g/mol. The molecule has 148 valence electrons. The summed E-state index contributed by atoms with van der Waals surface area (Å²) < 4.78 is 15.3. The van der Waals surface area contributed by atoms with Crippen molar-refractivity contribution in [3.63, 3.8) is 0 Å². The van der Waals surface area contributed by atoms with Crippen molar-refractivity contribution in [2.24, 2.45) is 5.10 Å². The maximum Gasteiger partial charge on any atom is 0.341 e. The van der Waals surface area contributed by atoms with Crippen molar-refractivity contribution in [3.8, 4) is 17.2 Å². The van der Waals surface area contributed by atoms with E-state index in [0.717, 1.165) is 0 Å². The van der Waals surface area contributed by atoms with Gasteiger partial charge in [-0.15, -0.1) is 0 Å². The van der Waals surface area contributed by atoms with Gasteiger partial charge < -0.3 is 19.3 Å². The molecule has 0 unspecified atom stereocenters. The van der Waals surface area contributed by atoms with Gasteiger partial charge >= 0.3 is 5.97 Å². The number of nitrogens with one attached hydrogen (secondary N) is 1. The first kappa shape index (κ1) is 21.3. The summed E-state index contributed by atoms with van der Waals surface area (Å²) in [4.78, 5) is 22.8. The lowest BCUT2D eigenvalue weighted by Gasteiger charge is -2.09. The fourth-order valence-electron chi connectivity index (χ4n) is 2.13. The van der Waals surface area contributed by atoms with Crippen LogP contribution >= 0.6 is 23.2 Å². The Labute approximate surface area is 170 Å². The van der Waals surface area contributed by atoms with E-state index in [-0.39, 0.29) is 15.8 Å².